The van der Waals surface area contributed by atoms with E-state index >= 15 is 0 Å². The fraction of sp³-hybridized carbons (Fsp3) is 0.571. The summed E-state index contributed by atoms with van der Waals surface area (Å²) in [6, 6.07) is 22.7. The van der Waals surface area contributed by atoms with Gasteiger partial charge >= 0.3 is 0 Å². The molecule has 2 aromatic carbocycles. The van der Waals surface area contributed by atoms with E-state index in [1.165, 1.54) is 62.7 Å². The molecule has 2 aromatic rings. The van der Waals surface area contributed by atoms with Crippen LogP contribution in [-0.2, 0) is 13.1 Å². The van der Waals surface area contributed by atoms with Gasteiger partial charge in [-0.05, 0) is 62.7 Å². The van der Waals surface area contributed by atoms with E-state index in [9.17, 15) is 0 Å². The lowest BCUT2D eigenvalue weighted by Gasteiger charge is -2.35. The zero-order chi connectivity index (χ0) is 22.4. The maximum absolute atomic E-state index is 9.08. The van der Waals surface area contributed by atoms with Crippen LogP contribution < -0.4 is 0 Å². The van der Waals surface area contributed by atoms with Gasteiger partial charge in [-0.15, -0.1) is 11.6 Å². The third kappa shape index (κ3) is 8.51. The van der Waals surface area contributed by atoms with Crippen LogP contribution in [0.25, 0.3) is 0 Å². The third-order valence-electron chi connectivity index (χ3n) is 6.86. The van der Waals surface area contributed by atoms with E-state index < -0.39 is 0 Å². The van der Waals surface area contributed by atoms with Crippen LogP contribution in [0.2, 0.25) is 0 Å². The standard InChI is InChI=1S/C14H20ClN.C14H21NO/c15-10-9-14-8-4-5-11-16(14)12-13-6-2-1-3-7-13;16-11-9-14-8-4-5-10-15(14)12-13-6-2-1-3-7-13/h1-3,6-7,14H,4-5,8-12H2;1-3,6-7,14,16H,4-5,8-12H2/t2*14-/m00/s1. The van der Waals surface area contributed by atoms with E-state index in [0.717, 1.165) is 31.8 Å². The Morgan fingerprint density at radius 3 is 1.59 bits per heavy atom. The number of aliphatic hydroxyl groups is 1. The lowest BCUT2D eigenvalue weighted by Crippen LogP contribution is -2.39. The molecule has 176 valence electrons. The SMILES string of the molecule is ClCC[C@@H]1CCCCN1Cc1ccccc1.OCC[C@@H]1CCCCN1Cc1ccccc1. The van der Waals surface area contributed by atoms with E-state index in [1.807, 2.05) is 0 Å². The van der Waals surface area contributed by atoms with Crippen molar-refractivity contribution < 1.29 is 5.11 Å². The number of hydrogen-bond acceptors (Lipinski definition) is 3. The van der Waals surface area contributed by atoms with Crippen molar-refractivity contribution >= 4 is 11.6 Å². The quantitative estimate of drug-likeness (QED) is 0.486. The van der Waals surface area contributed by atoms with E-state index in [-0.39, 0.29) is 0 Å². The van der Waals surface area contributed by atoms with Gasteiger partial charge in [-0.25, -0.2) is 0 Å². The van der Waals surface area contributed by atoms with Crippen molar-refractivity contribution in [3.05, 3.63) is 71.8 Å². The molecule has 0 amide bonds. The fourth-order valence-electron chi connectivity index (χ4n) is 5.10. The maximum Gasteiger partial charge on any atom is 0.0445 e. The molecular formula is C28H41ClN2O. The van der Waals surface area contributed by atoms with Crippen LogP contribution in [0.5, 0.6) is 0 Å². The highest BCUT2D eigenvalue weighted by Crippen LogP contribution is 2.23. The average Bonchev–Trinajstić information content (AvgIpc) is 2.84. The molecule has 0 saturated carbocycles. The maximum atomic E-state index is 9.08. The van der Waals surface area contributed by atoms with Gasteiger partial charge in [0.1, 0.15) is 0 Å². The minimum Gasteiger partial charge on any atom is -0.396 e. The van der Waals surface area contributed by atoms with Crippen LogP contribution in [-0.4, -0.2) is 52.6 Å². The van der Waals surface area contributed by atoms with Gasteiger partial charge in [0, 0.05) is 37.7 Å². The van der Waals surface area contributed by atoms with Crippen molar-refractivity contribution in [3.63, 3.8) is 0 Å². The lowest BCUT2D eigenvalue weighted by atomic mass is 9.99. The molecule has 32 heavy (non-hydrogen) atoms. The number of likely N-dealkylation sites (tertiary alicyclic amines) is 2. The van der Waals surface area contributed by atoms with Crippen molar-refractivity contribution in [1.82, 2.24) is 9.80 Å². The van der Waals surface area contributed by atoms with Gasteiger partial charge < -0.3 is 5.11 Å². The summed E-state index contributed by atoms with van der Waals surface area (Å²) in [7, 11) is 0. The van der Waals surface area contributed by atoms with Crippen LogP contribution in [0, 0.1) is 0 Å². The lowest BCUT2D eigenvalue weighted by molar-refractivity contribution is 0.112. The highest BCUT2D eigenvalue weighted by atomic mass is 35.5. The minimum absolute atomic E-state index is 0.315. The fourth-order valence-corrected chi connectivity index (χ4v) is 5.35. The molecule has 4 heteroatoms. The summed E-state index contributed by atoms with van der Waals surface area (Å²) in [6.07, 6.45) is 9.94. The van der Waals surface area contributed by atoms with Gasteiger partial charge in [0.25, 0.3) is 0 Å². The molecule has 1 N–H and O–H groups in total. The smallest absolute Gasteiger partial charge is 0.0445 e. The van der Waals surface area contributed by atoms with Crippen LogP contribution in [0.3, 0.4) is 0 Å². The number of benzene rings is 2. The number of alkyl halides is 1. The average molecular weight is 457 g/mol. The first-order valence-electron chi connectivity index (χ1n) is 12.5. The molecule has 3 nitrogen and oxygen atoms in total. The van der Waals surface area contributed by atoms with Gasteiger partial charge in [0.15, 0.2) is 0 Å². The zero-order valence-electron chi connectivity index (χ0n) is 19.5. The Morgan fingerprint density at radius 1 is 0.688 bits per heavy atom. The van der Waals surface area contributed by atoms with Gasteiger partial charge in [0.2, 0.25) is 0 Å². The van der Waals surface area contributed by atoms with Gasteiger partial charge in [-0.3, -0.25) is 9.80 Å². The molecule has 0 radical (unpaired) electrons. The van der Waals surface area contributed by atoms with E-state index in [1.54, 1.807) is 0 Å². The van der Waals surface area contributed by atoms with Crippen LogP contribution in [0.15, 0.2) is 60.7 Å². The van der Waals surface area contributed by atoms with Crippen molar-refractivity contribution in [3.8, 4) is 0 Å². The molecule has 2 aliphatic heterocycles. The number of rotatable bonds is 8. The normalized spacial score (nSPS) is 22.2. The molecule has 2 atom stereocenters. The summed E-state index contributed by atoms with van der Waals surface area (Å²) >= 11 is 5.88. The molecule has 2 heterocycles. The van der Waals surface area contributed by atoms with E-state index in [2.05, 4.69) is 70.5 Å². The minimum atomic E-state index is 0.315. The molecule has 0 spiro atoms. The highest BCUT2D eigenvalue weighted by Gasteiger charge is 2.22. The monoisotopic (exact) mass is 456 g/mol. The van der Waals surface area contributed by atoms with Crippen LogP contribution in [0.4, 0.5) is 0 Å². The number of hydrogen-bond donors (Lipinski definition) is 1. The first-order chi connectivity index (χ1) is 15.8. The van der Waals surface area contributed by atoms with Crippen LogP contribution >= 0.6 is 11.6 Å². The van der Waals surface area contributed by atoms with Crippen molar-refractivity contribution in [1.29, 1.82) is 0 Å². The van der Waals surface area contributed by atoms with E-state index in [0.29, 0.717) is 18.7 Å². The Kier molecular flexibility index (Phi) is 11.6. The van der Waals surface area contributed by atoms with Gasteiger partial charge in [-0.1, -0.05) is 73.5 Å². The van der Waals surface area contributed by atoms with E-state index in [4.69, 9.17) is 16.7 Å². The first-order valence-corrected chi connectivity index (χ1v) is 13.1. The second-order valence-corrected chi connectivity index (χ2v) is 9.58. The van der Waals surface area contributed by atoms with Crippen molar-refractivity contribution in [2.24, 2.45) is 0 Å². The summed E-state index contributed by atoms with van der Waals surface area (Å²) in [5.74, 6) is 0.788. The second kappa shape index (κ2) is 14.7. The highest BCUT2D eigenvalue weighted by molar-refractivity contribution is 6.17. The third-order valence-corrected chi connectivity index (χ3v) is 7.08. The van der Waals surface area contributed by atoms with Gasteiger partial charge in [0.05, 0.1) is 0 Å². The van der Waals surface area contributed by atoms with Gasteiger partial charge in [-0.2, -0.15) is 0 Å². The molecule has 2 fully saturated rings. The summed E-state index contributed by atoms with van der Waals surface area (Å²) in [4.78, 5) is 5.12. The molecule has 2 saturated heterocycles. The Bertz CT molecular complexity index is 659. The largest absolute Gasteiger partial charge is 0.396 e. The molecule has 0 aromatic heterocycles. The Hall–Kier alpha value is -1.39. The summed E-state index contributed by atoms with van der Waals surface area (Å²) < 4.78 is 0. The number of nitrogens with zero attached hydrogens (tertiary/aromatic N) is 2. The Morgan fingerprint density at radius 2 is 1.16 bits per heavy atom. The van der Waals surface area contributed by atoms with Crippen molar-refractivity contribution in [2.75, 3.05) is 25.6 Å². The summed E-state index contributed by atoms with van der Waals surface area (Å²) in [5.41, 5.74) is 2.80. The number of aliphatic hydroxyl groups excluding tert-OH is 1. The second-order valence-electron chi connectivity index (χ2n) is 9.20. The molecule has 0 aliphatic carbocycles. The predicted octanol–water partition coefficient (Wildman–Crippen LogP) is 6.09. The molecule has 0 unspecified atom stereocenters. The molecular weight excluding hydrogens is 416 g/mol. The zero-order valence-corrected chi connectivity index (χ0v) is 20.3. The molecule has 2 aliphatic rings. The Labute approximate surface area is 200 Å². The number of halogens is 1. The topological polar surface area (TPSA) is 26.7 Å². The first kappa shape index (κ1) is 25.2. The summed E-state index contributed by atoms with van der Waals surface area (Å²) in [6.45, 7) is 4.85. The number of piperidine rings is 2. The molecule has 0 bridgehead atoms. The molecule has 4 rings (SSSR count). The summed E-state index contributed by atoms with van der Waals surface area (Å²) in [5, 5.41) is 9.08. The Balaban J connectivity index is 0.000000181. The predicted molar refractivity (Wildman–Crippen MR) is 136 cm³/mol. The van der Waals surface area contributed by atoms with Crippen LogP contribution in [0.1, 0.15) is 62.5 Å². The van der Waals surface area contributed by atoms with Crippen molar-refractivity contribution in [2.45, 2.75) is 76.5 Å².